The Morgan fingerprint density at radius 3 is 3.14 bits per heavy atom. The van der Waals surface area contributed by atoms with Crippen molar-refractivity contribution in [2.24, 2.45) is 11.8 Å². The molecule has 6 heteroatoms. The Morgan fingerprint density at radius 1 is 1.32 bits per heavy atom. The van der Waals surface area contributed by atoms with Gasteiger partial charge in [0.1, 0.15) is 0 Å². The molecule has 2 aliphatic rings. The van der Waals surface area contributed by atoms with Crippen molar-refractivity contribution in [2.75, 3.05) is 11.9 Å². The van der Waals surface area contributed by atoms with Gasteiger partial charge in [0.2, 0.25) is 10.1 Å². The molecule has 1 N–H and O–H groups in total. The van der Waals surface area contributed by atoms with Gasteiger partial charge in [-0.2, -0.15) is 4.52 Å². The maximum atomic E-state index is 11.7. The Bertz CT molecular complexity index is 931. The second-order valence-electron chi connectivity index (χ2n) is 6.02. The minimum Gasteiger partial charge on any atom is -0.360 e. The third-order valence-corrected chi connectivity index (χ3v) is 5.74. The Balaban J connectivity index is 1.33. The lowest BCUT2D eigenvalue weighted by atomic mass is 10.0. The van der Waals surface area contributed by atoms with Gasteiger partial charge in [0.15, 0.2) is 0 Å². The van der Waals surface area contributed by atoms with Gasteiger partial charge in [0, 0.05) is 18.8 Å². The smallest absolute Gasteiger partial charge is 0.275 e. The first-order valence-electron chi connectivity index (χ1n) is 7.48. The van der Waals surface area contributed by atoms with E-state index in [1.165, 1.54) is 45.7 Å². The number of nitrogens with zero attached hydrogens (tertiary/aromatic N) is 3. The third kappa shape index (κ3) is 1.73. The van der Waals surface area contributed by atoms with Crippen molar-refractivity contribution >= 4 is 21.4 Å². The molecule has 0 spiro atoms. The van der Waals surface area contributed by atoms with Crippen LogP contribution in [0.15, 0.2) is 41.3 Å². The highest BCUT2D eigenvalue weighted by Crippen LogP contribution is 2.61. The Morgan fingerprint density at radius 2 is 2.23 bits per heavy atom. The number of hydrogen-bond acceptors (Lipinski definition) is 5. The van der Waals surface area contributed by atoms with Crippen molar-refractivity contribution in [3.63, 3.8) is 0 Å². The van der Waals surface area contributed by atoms with E-state index >= 15 is 0 Å². The molecule has 0 amide bonds. The predicted molar refractivity (Wildman–Crippen MR) is 85.5 cm³/mol. The Hall–Kier alpha value is -2.21. The van der Waals surface area contributed by atoms with E-state index in [1.807, 2.05) is 0 Å². The summed E-state index contributed by atoms with van der Waals surface area (Å²) in [6.45, 7) is 0.915. The van der Waals surface area contributed by atoms with Crippen LogP contribution in [-0.4, -0.2) is 21.1 Å². The molecule has 0 aliphatic heterocycles. The van der Waals surface area contributed by atoms with Crippen LogP contribution in [0.1, 0.15) is 17.0 Å². The van der Waals surface area contributed by atoms with E-state index in [1.54, 1.807) is 0 Å². The maximum Gasteiger partial charge on any atom is 0.275 e. The molecule has 0 bridgehead atoms. The highest BCUT2D eigenvalue weighted by atomic mass is 32.1. The molecule has 5 rings (SSSR count). The molecule has 5 nitrogen and oxygen atoms in total. The molecule has 2 aromatic heterocycles. The molecule has 110 valence electrons. The summed E-state index contributed by atoms with van der Waals surface area (Å²) >= 11 is 1.42. The fourth-order valence-electron chi connectivity index (χ4n) is 3.78. The van der Waals surface area contributed by atoms with Gasteiger partial charge in [-0.1, -0.05) is 35.6 Å². The first-order valence-corrected chi connectivity index (χ1v) is 8.29. The first kappa shape index (κ1) is 12.3. The Labute approximate surface area is 130 Å². The molecule has 1 aromatic carbocycles. The van der Waals surface area contributed by atoms with Gasteiger partial charge in [-0.15, -0.1) is 5.10 Å². The van der Waals surface area contributed by atoms with Crippen molar-refractivity contribution in [3.05, 3.63) is 58.0 Å². The van der Waals surface area contributed by atoms with Crippen molar-refractivity contribution in [3.8, 4) is 0 Å². The lowest BCUT2D eigenvalue weighted by Crippen LogP contribution is -2.13. The minimum atomic E-state index is -0.133. The van der Waals surface area contributed by atoms with Crippen LogP contribution in [0.2, 0.25) is 0 Å². The van der Waals surface area contributed by atoms with Crippen LogP contribution < -0.4 is 10.9 Å². The fraction of sp³-hybridized carbons (Fsp3) is 0.312. The van der Waals surface area contributed by atoms with E-state index in [-0.39, 0.29) is 5.56 Å². The zero-order valence-corrected chi connectivity index (χ0v) is 12.6. The normalized spacial score (nSPS) is 25.0. The van der Waals surface area contributed by atoms with Crippen molar-refractivity contribution in [1.82, 2.24) is 14.6 Å². The molecule has 2 aliphatic carbocycles. The fourth-order valence-corrected chi connectivity index (χ4v) is 4.56. The number of aromatic nitrogens is 3. The van der Waals surface area contributed by atoms with Crippen LogP contribution in [0.4, 0.5) is 5.13 Å². The highest BCUT2D eigenvalue weighted by Gasteiger charge is 2.54. The topological polar surface area (TPSA) is 59.3 Å². The monoisotopic (exact) mass is 310 g/mol. The molecule has 3 atom stereocenters. The average molecular weight is 310 g/mol. The van der Waals surface area contributed by atoms with Crippen LogP contribution >= 0.6 is 11.3 Å². The van der Waals surface area contributed by atoms with Crippen molar-refractivity contribution in [1.29, 1.82) is 0 Å². The maximum absolute atomic E-state index is 11.7. The lowest BCUT2D eigenvalue weighted by molar-refractivity contribution is 0.717. The standard InChI is InChI=1S/C16H14N4OS/c21-13-5-6-17-16-20(13)19-15(22-16)18-8-12-11-7-9-3-1-2-4-10(9)14(11)12/h1-6,11-12,14H,7-8H2,(H,18,19). The van der Waals surface area contributed by atoms with Gasteiger partial charge in [-0.25, -0.2) is 4.98 Å². The molecule has 2 heterocycles. The van der Waals surface area contributed by atoms with Crippen molar-refractivity contribution < 1.29 is 0 Å². The Kier molecular flexibility index (Phi) is 2.47. The second kappa shape index (κ2) is 4.39. The van der Waals surface area contributed by atoms with Crippen LogP contribution in [0.5, 0.6) is 0 Å². The van der Waals surface area contributed by atoms with Gasteiger partial charge in [0.05, 0.1) is 0 Å². The van der Waals surface area contributed by atoms with E-state index in [2.05, 4.69) is 39.7 Å². The van der Waals surface area contributed by atoms with Gasteiger partial charge in [-0.05, 0) is 35.3 Å². The molecule has 1 fully saturated rings. The summed E-state index contributed by atoms with van der Waals surface area (Å²) in [6.07, 6.45) is 2.73. The number of benzene rings is 1. The molecule has 3 unspecified atom stereocenters. The summed E-state index contributed by atoms with van der Waals surface area (Å²) in [5, 5.41) is 8.46. The number of fused-ring (bicyclic) bond motifs is 4. The number of anilines is 1. The van der Waals surface area contributed by atoms with E-state index in [9.17, 15) is 4.79 Å². The molecule has 22 heavy (non-hydrogen) atoms. The zero-order valence-electron chi connectivity index (χ0n) is 11.8. The van der Waals surface area contributed by atoms with Gasteiger partial charge < -0.3 is 5.32 Å². The van der Waals surface area contributed by atoms with Gasteiger partial charge in [0.25, 0.3) is 5.56 Å². The van der Waals surface area contributed by atoms with Crippen molar-refractivity contribution in [2.45, 2.75) is 12.3 Å². The number of hydrogen-bond donors (Lipinski definition) is 1. The number of nitrogens with one attached hydrogen (secondary N) is 1. The van der Waals surface area contributed by atoms with Crippen LogP contribution in [-0.2, 0) is 6.42 Å². The van der Waals surface area contributed by atoms with E-state index in [0.29, 0.717) is 16.8 Å². The molecule has 0 radical (unpaired) electrons. The SMILES string of the molecule is O=c1ccnc2sc(NCC3C4Cc5ccccc5C34)nn12. The quantitative estimate of drug-likeness (QED) is 0.805. The summed E-state index contributed by atoms with van der Waals surface area (Å²) in [5.74, 6) is 2.17. The minimum absolute atomic E-state index is 0.133. The zero-order chi connectivity index (χ0) is 14.7. The second-order valence-corrected chi connectivity index (χ2v) is 6.98. The van der Waals surface area contributed by atoms with Crippen LogP contribution in [0, 0.1) is 11.8 Å². The summed E-state index contributed by atoms with van der Waals surface area (Å²) in [6, 6.07) is 10.2. The summed E-state index contributed by atoms with van der Waals surface area (Å²) in [4.78, 5) is 16.5. The van der Waals surface area contributed by atoms with E-state index in [4.69, 9.17) is 0 Å². The molecule has 3 aromatic rings. The molecular formula is C16H14N4OS. The van der Waals surface area contributed by atoms with Gasteiger partial charge >= 0.3 is 0 Å². The predicted octanol–water partition coefficient (Wildman–Crippen LogP) is 2.15. The number of rotatable bonds is 3. The van der Waals surface area contributed by atoms with Crippen LogP contribution in [0.25, 0.3) is 4.96 Å². The molecule has 1 saturated carbocycles. The summed E-state index contributed by atoms with van der Waals surface area (Å²) < 4.78 is 1.36. The molecular weight excluding hydrogens is 296 g/mol. The third-order valence-electron chi connectivity index (χ3n) is 4.86. The largest absolute Gasteiger partial charge is 0.360 e. The summed E-state index contributed by atoms with van der Waals surface area (Å²) in [5.41, 5.74) is 2.91. The first-order chi connectivity index (χ1) is 10.8. The van der Waals surface area contributed by atoms with Crippen LogP contribution in [0.3, 0.4) is 0 Å². The lowest BCUT2D eigenvalue weighted by Gasteiger charge is -2.07. The highest BCUT2D eigenvalue weighted by molar-refractivity contribution is 7.20. The summed E-state index contributed by atoms with van der Waals surface area (Å²) in [7, 11) is 0. The van der Waals surface area contributed by atoms with Gasteiger partial charge in [-0.3, -0.25) is 4.79 Å². The average Bonchev–Trinajstić information content (AvgIpc) is 2.90. The van der Waals surface area contributed by atoms with E-state index in [0.717, 1.165) is 17.6 Å². The molecule has 0 saturated heterocycles. The van der Waals surface area contributed by atoms with E-state index < -0.39 is 0 Å².